The van der Waals surface area contributed by atoms with Crippen LogP contribution in [0, 0.1) is 0 Å². The van der Waals surface area contributed by atoms with E-state index in [1.54, 1.807) is 0 Å². The van der Waals surface area contributed by atoms with Crippen molar-refractivity contribution in [2.75, 3.05) is 6.61 Å². The fourth-order valence-electron chi connectivity index (χ4n) is 2.36. The van der Waals surface area contributed by atoms with Gasteiger partial charge in [0.05, 0.1) is 12.6 Å². The number of halogens is 1. The molecule has 2 rings (SSSR count). The normalized spacial score (nSPS) is 13.9. The fourth-order valence-corrected chi connectivity index (χ4v) is 2.77. The molecule has 3 heteroatoms. The largest absolute Gasteiger partial charge is 0.394 e. The molecule has 0 saturated carbocycles. The van der Waals surface area contributed by atoms with Gasteiger partial charge in [-0.15, -0.1) is 0 Å². The Labute approximate surface area is 129 Å². The minimum atomic E-state index is -0.0415. The molecule has 0 saturated heterocycles. The van der Waals surface area contributed by atoms with E-state index < -0.39 is 0 Å². The van der Waals surface area contributed by atoms with Crippen LogP contribution in [0.15, 0.2) is 59.1 Å². The van der Waals surface area contributed by atoms with Crippen molar-refractivity contribution in [2.24, 2.45) is 0 Å². The quantitative estimate of drug-likeness (QED) is 0.829. The third kappa shape index (κ3) is 3.92. The summed E-state index contributed by atoms with van der Waals surface area (Å²) in [6, 6.07) is 18.6. The van der Waals surface area contributed by atoms with Gasteiger partial charge in [-0.25, -0.2) is 0 Å². The molecule has 2 aromatic carbocycles. The molecule has 0 aromatic heterocycles. The SMILES string of the molecule is CCC(NC(CO)c1ccccc1)c1cccc(Br)c1. The van der Waals surface area contributed by atoms with Crippen molar-refractivity contribution >= 4 is 15.9 Å². The minimum absolute atomic E-state index is 0.0415. The Morgan fingerprint density at radius 1 is 1.00 bits per heavy atom. The zero-order valence-corrected chi connectivity index (χ0v) is 13.2. The molecule has 2 N–H and O–H groups in total. The maximum atomic E-state index is 9.65. The van der Waals surface area contributed by atoms with Crippen LogP contribution in [0.25, 0.3) is 0 Å². The van der Waals surface area contributed by atoms with E-state index in [9.17, 15) is 5.11 Å². The molecule has 0 fully saturated rings. The van der Waals surface area contributed by atoms with Gasteiger partial charge in [0, 0.05) is 10.5 Å². The van der Waals surface area contributed by atoms with Gasteiger partial charge in [-0.3, -0.25) is 0 Å². The summed E-state index contributed by atoms with van der Waals surface area (Å²) in [5.74, 6) is 0. The van der Waals surface area contributed by atoms with Crippen molar-refractivity contribution in [3.63, 3.8) is 0 Å². The topological polar surface area (TPSA) is 32.3 Å². The molecule has 0 heterocycles. The summed E-state index contributed by atoms with van der Waals surface area (Å²) in [6.45, 7) is 2.24. The number of nitrogens with one attached hydrogen (secondary N) is 1. The average Bonchev–Trinajstić information content (AvgIpc) is 2.49. The molecule has 2 nitrogen and oxygen atoms in total. The number of hydrogen-bond acceptors (Lipinski definition) is 2. The lowest BCUT2D eigenvalue weighted by Gasteiger charge is -2.24. The Hall–Kier alpha value is -1.16. The predicted molar refractivity (Wildman–Crippen MR) is 86.6 cm³/mol. The van der Waals surface area contributed by atoms with E-state index in [2.05, 4.69) is 40.3 Å². The number of rotatable bonds is 6. The molecule has 0 amide bonds. The van der Waals surface area contributed by atoms with E-state index >= 15 is 0 Å². The van der Waals surface area contributed by atoms with Crippen LogP contribution < -0.4 is 5.32 Å². The summed E-state index contributed by atoms with van der Waals surface area (Å²) in [7, 11) is 0. The van der Waals surface area contributed by atoms with E-state index in [1.165, 1.54) is 5.56 Å². The Morgan fingerprint density at radius 3 is 2.30 bits per heavy atom. The average molecular weight is 334 g/mol. The molecule has 20 heavy (non-hydrogen) atoms. The van der Waals surface area contributed by atoms with Gasteiger partial charge in [-0.2, -0.15) is 0 Å². The molecule has 2 aromatic rings. The lowest BCUT2D eigenvalue weighted by Crippen LogP contribution is -2.28. The lowest BCUT2D eigenvalue weighted by atomic mass is 10.0. The van der Waals surface area contributed by atoms with E-state index in [1.807, 2.05) is 42.5 Å². The fraction of sp³-hybridized carbons (Fsp3) is 0.294. The van der Waals surface area contributed by atoms with Crippen molar-refractivity contribution < 1.29 is 5.11 Å². The van der Waals surface area contributed by atoms with Gasteiger partial charge < -0.3 is 10.4 Å². The standard InChI is InChI=1S/C17H20BrNO/c1-2-16(14-9-6-10-15(18)11-14)19-17(12-20)13-7-4-3-5-8-13/h3-11,16-17,19-20H,2,12H2,1H3. The molecular weight excluding hydrogens is 314 g/mol. The van der Waals surface area contributed by atoms with Crippen molar-refractivity contribution in [1.82, 2.24) is 5.32 Å². The van der Waals surface area contributed by atoms with E-state index in [-0.39, 0.29) is 18.7 Å². The lowest BCUT2D eigenvalue weighted by molar-refractivity contribution is 0.232. The first-order valence-corrected chi connectivity index (χ1v) is 7.71. The Bertz CT molecular complexity index is 530. The Morgan fingerprint density at radius 2 is 1.70 bits per heavy atom. The van der Waals surface area contributed by atoms with E-state index in [4.69, 9.17) is 0 Å². The van der Waals surface area contributed by atoms with Crippen molar-refractivity contribution in [3.05, 3.63) is 70.2 Å². The van der Waals surface area contributed by atoms with Crippen molar-refractivity contribution in [3.8, 4) is 0 Å². The summed E-state index contributed by atoms with van der Waals surface area (Å²) >= 11 is 3.51. The van der Waals surface area contributed by atoms with Crippen LogP contribution in [0.1, 0.15) is 36.6 Å². The van der Waals surface area contributed by atoms with Crippen LogP contribution in [-0.4, -0.2) is 11.7 Å². The zero-order valence-electron chi connectivity index (χ0n) is 11.6. The highest BCUT2D eigenvalue weighted by molar-refractivity contribution is 9.10. The van der Waals surface area contributed by atoms with Crippen LogP contribution in [0.5, 0.6) is 0 Å². The highest BCUT2D eigenvalue weighted by Gasteiger charge is 2.16. The first-order chi connectivity index (χ1) is 9.74. The third-order valence-electron chi connectivity index (χ3n) is 3.45. The molecule has 0 aliphatic carbocycles. The third-order valence-corrected chi connectivity index (χ3v) is 3.94. The van der Waals surface area contributed by atoms with Crippen LogP contribution in [0.2, 0.25) is 0 Å². The predicted octanol–water partition coefficient (Wildman–Crippen LogP) is 4.22. The zero-order chi connectivity index (χ0) is 14.4. The highest BCUT2D eigenvalue weighted by Crippen LogP contribution is 2.24. The van der Waals surface area contributed by atoms with E-state index in [0.29, 0.717) is 0 Å². The molecule has 0 spiro atoms. The maximum Gasteiger partial charge on any atom is 0.0626 e. The number of benzene rings is 2. The van der Waals surface area contributed by atoms with Gasteiger partial charge in [-0.05, 0) is 29.7 Å². The Kier molecular flexibility index (Phi) is 5.77. The van der Waals surface area contributed by atoms with Gasteiger partial charge >= 0.3 is 0 Å². The summed E-state index contributed by atoms with van der Waals surface area (Å²) in [6.07, 6.45) is 0.972. The minimum Gasteiger partial charge on any atom is -0.394 e. The number of aliphatic hydroxyl groups excluding tert-OH is 1. The monoisotopic (exact) mass is 333 g/mol. The second kappa shape index (κ2) is 7.58. The summed E-state index contributed by atoms with van der Waals surface area (Å²) in [5, 5.41) is 13.2. The smallest absolute Gasteiger partial charge is 0.0626 e. The van der Waals surface area contributed by atoms with Crippen LogP contribution in [-0.2, 0) is 0 Å². The number of aliphatic hydroxyl groups is 1. The maximum absolute atomic E-state index is 9.65. The first-order valence-electron chi connectivity index (χ1n) is 6.92. The Balaban J connectivity index is 2.16. The molecule has 106 valence electrons. The van der Waals surface area contributed by atoms with Crippen LogP contribution in [0.3, 0.4) is 0 Å². The van der Waals surface area contributed by atoms with Gasteiger partial charge in [0.25, 0.3) is 0 Å². The molecule has 0 bridgehead atoms. The summed E-state index contributed by atoms with van der Waals surface area (Å²) in [5.41, 5.74) is 2.35. The molecule has 2 unspecified atom stereocenters. The van der Waals surface area contributed by atoms with E-state index in [0.717, 1.165) is 16.5 Å². The molecule has 0 aliphatic heterocycles. The second-order valence-corrected chi connectivity index (χ2v) is 5.74. The van der Waals surface area contributed by atoms with Gasteiger partial charge in [0.15, 0.2) is 0 Å². The second-order valence-electron chi connectivity index (χ2n) is 4.83. The van der Waals surface area contributed by atoms with Crippen molar-refractivity contribution in [1.29, 1.82) is 0 Å². The van der Waals surface area contributed by atoms with Gasteiger partial charge in [0.2, 0.25) is 0 Å². The van der Waals surface area contributed by atoms with Crippen molar-refractivity contribution in [2.45, 2.75) is 25.4 Å². The molecular formula is C17H20BrNO. The molecule has 2 atom stereocenters. The number of hydrogen-bond donors (Lipinski definition) is 2. The summed E-state index contributed by atoms with van der Waals surface area (Å²) in [4.78, 5) is 0. The summed E-state index contributed by atoms with van der Waals surface area (Å²) < 4.78 is 1.08. The van der Waals surface area contributed by atoms with Crippen LogP contribution >= 0.6 is 15.9 Å². The first kappa shape index (κ1) is 15.2. The highest BCUT2D eigenvalue weighted by atomic mass is 79.9. The molecule has 0 aliphatic rings. The van der Waals surface area contributed by atoms with Gasteiger partial charge in [-0.1, -0.05) is 65.3 Å². The van der Waals surface area contributed by atoms with Gasteiger partial charge in [0.1, 0.15) is 0 Å². The van der Waals surface area contributed by atoms with Crippen LogP contribution in [0.4, 0.5) is 0 Å². The molecule has 0 radical (unpaired) electrons.